The zero-order valence-corrected chi connectivity index (χ0v) is 24.0. The third-order valence-electron chi connectivity index (χ3n) is 6.30. The number of rotatable bonds is 7. The first-order valence-corrected chi connectivity index (χ1v) is 12.6. The van der Waals surface area contributed by atoms with E-state index in [9.17, 15) is 24.0 Å². The Balaban J connectivity index is 2.68. The van der Waals surface area contributed by atoms with Crippen molar-refractivity contribution in [3.63, 3.8) is 0 Å². The molecule has 0 unspecified atom stereocenters. The summed E-state index contributed by atoms with van der Waals surface area (Å²) in [4.78, 5) is 60.7. The number of ether oxygens (including phenoxy) is 5. The summed E-state index contributed by atoms with van der Waals surface area (Å²) >= 11 is 0. The van der Waals surface area contributed by atoms with E-state index in [-0.39, 0.29) is 29.2 Å². The van der Waals surface area contributed by atoms with Crippen molar-refractivity contribution in [2.45, 2.75) is 74.8 Å². The van der Waals surface area contributed by atoms with E-state index in [1.165, 1.54) is 34.6 Å². The van der Waals surface area contributed by atoms with E-state index < -0.39 is 36.0 Å². The van der Waals surface area contributed by atoms with Crippen LogP contribution >= 0.6 is 0 Å². The topological polar surface area (TPSA) is 132 Å². The van der Waals surface area contributed by atoms with Gasteiger partial charge in [0.1, 0.15) is 17.6 Å². The summed E-state index contributed by atoms with van der Waals surface area (Å²) in [6.45, 7) is 13.2. The lowest BCUT2D eigenvalue weighted by Crippen LogP contribution is -2.19. The first-order valence-electron chi connectivity index (χ1n) is 12.6. The molecule has 3 aromatic carbocycles. The second-order valence-corrected chi connectivity index (χ2v) is 9.58. The molecule has 0 aliphatic rings. The number of carbonyl (C=O) groups is 5. The van der Waals surface area contributed by atoms with Crippen molar-refractivity contribution >= 4 is 51.4 Å². The molecule has 40 heavy (non-hydrogen) atoms. The van der Waals surface area contributed by atoms with Crippen molar-refractivity contribution in [1.29, 1.82) is 0 Å². The zero-order chi connectivity index (χ0) is 30.0. The van der Waals surface area contributed by atoms with Gasteiger partial charge in [0.05, 0.1) is 0 Å². The van der Waals surface area contributed by atoms with Crippen molar-refractivity contribution in [3.8, 4) is 23.0 Å². The first kappa shape index (κ1) is 30.1. The van der Waals surface area contributed by atoms with Crippen molar-refractivity contribution in [3.05, 3.63) is 34.4 Å². The SMILES string of the molecule is CC(=O)Oc1c(C)c(C)c2ccc3c(OC(C)=O)c(C[C@H](C)OC(C)=O)c(OC(C)=O)c(OC(C)=O)c3c2c1C. The van der Waals surface area contributed by atoms with Gasteiger partial charge in [-0.25, -0.2) is 0 Å². The second kappa shape index (κ2) is 11.7. The summed E-state index contributed by atoms with van der Waals surface area (Å²) in [7, 11) is 0. The van der Waals surface area contributed by atoms with Gasteiger partial charge in [-0.05, 0) is 50.3 Å². The normalized spacial score (nSPS) is 11.6. The average molecular weight is 553 g/mol. The summed E-state index contributed by atoms with van der Waals surface area (Å²) in [5, 5.41) is 1.95. The summed E-state index contributed by atoms with van der Waals surface area (Å²) in [5.74, 6) is -3.03. The van der Waals surface area contributed by atoms with Crippen LogP contribution < -0.4 is 18.9 Å². The monoisotopic (exact) mass is 552 g/mol. The third kappa shape index (κ3) is 6.06. The van der Waals surface area contributed by atoms with Crippen molar-refractivity contribution in [2.24, 2.45) is 0 Å². The molecule has 0 spiro atoms. The molecule has 0 aromatic heterocycles. The highest BCUT2D eigenvalue weighted by Crippen LogP contribution is 2.51. The minimum absolute atomic E-state index is 0.0437. The highest BCUT2D eigenvalue weighted by Gasteiger charge is 2.30. The molecule has 3 rings (SSSR count). The molecule has 10 heteroatoms. The van der Waals surface area contributed by atoms with E-state index >= 15 is 0 Å². The minimum atomic E-state index is -0.730. The molecule has 0 fully saturated rings. The fourth-order valence-electron chi connectivity index (χ4n) is 4.86. The van der Waals surface area contributed by atoms with E-state index in [2.05, 4.69) is 0 Å². The Morgan fingerprint density at radius 2 is 1.05 bits per heavy atom. The van der Waals surface area contributed by atoms with Crippen LogP contribution in [-0.4, -0.2) is 36.0 Å². The number of fused-ring (bicyclic) bond motifs is 3. The Kier molecular flexibility index (Phi) is 8.82. The Hall–Kier alpha value is -4.47. The maximum Gasteiger partial charge on any atom is 0.308 e. The highest BCUT2D eigenvalue weighted by atomic mass is 16.6. The van der Waals surface area contributed by atoms with Gasteiger partial charge in [-0.1, -0.05) is 6.07 Å². The standard InChI is InChI=1S/C30H32O10/c1-13(36-17(5)31)12-24-28(38-19(7)33)23-11-10-22-14(2)15(3)27(37-18(6)32)16(4)25(22)26(23)30(40-21(9)35)29(24)39-20(8)34/h10-11,13H,12H2,1-9H3/t13-/m0/s1. The summed E-state index contributed by atoms with van der Waals surface area (Å²) in [5.41, 5.74) is 2.27. The Labute approximate surface area is 231 Å². The van der Waals surface area contributed by atoms with Crippen LogP contribution in [0.15, 0.2) is 12.1 Å². The molecule has 0 saturated carbocycles. The van der Waals surface area contributed by atoms with E-state index in [4.69, 9.17) is 23.7 Å². The van der Waals surface area contributed by atoms with Gasteiger partial charge in [0.15, 0.2) is 11.5 Å². The average Bonchev–Trinajstić information content (AvgIpc) is 2.82. The van der Waals surface area contributed by atoms with Gasteiger partial charge in [-0.3, -0.25) is 24.0 Å². The van der Waals surface area contributed by atoms with Gasteiger partial charge >= 0.3 is 29.8 Å². The van der Waals surface area contributed by atoms with Gasteiger partial charge in [-0.15, -0.1) is 0 Å². The number of carbonyl (C=O) groups excluding carboxylic acids is 5. The van der Waals surface area contributed by atoms with Crippen molar-refractivity contribution in [1.82, 2.24) is 0 Å². The molecule has 0 bridgehead atoms. The maximum atomic E-state index is 12.4. The second-order valence-electron chi connectivity index (χ2n) is 9.58. The molecule has 3 aromatic rings. The first-order chi connectivity index (χ1) is 18.6. The van der Waals surface area contributed by atoms with Crippen LogP contribution in [0, 0.1) is 20.8 Å². The third-order valence-corrected chi connectivity index (χ3v) is 6.30. The molecule has 0 aliphatic carbocycles. The molecule has 0 aliphatic heterocycles. The van der Waals surface area contributed by atoms with Crippen LogP contribution in [0.2, 0.25) is 0 Å². The lowest BCUT2D eigenvalue weighted by molar-refractivity contribution is -0.145. The molecule has 10 nitrogen and oxygen atoms in total. The fourth-order valence-corrected chi connectivity index (χ4v) is 4.86. The number of benzene rings is 3. The number of hydrogen-bond acceptors (Lipinski definition) is 10. The minimum Gasteiger partial charge on any atom is -0.463 e. The van der Waals surface area contributed by atoms with Gasteiger partial charge in [0.25, 0.3) is 0 Å². The quantitative estimate of drug-likeness (QED) is 0.221. The zero-order valence-electron chi connectivity index (χ0n) is 24.0. The summed E-state index contributed by atoms with van der Waals surface area (Å²) in [6, 6.07) is 3.53. The molecular formula is C30H32O10. The van der Waals surface area contributed by atoms with Gasteiger partial charge in [0, 0.05) is 68.3 Å². The van der Waals surface area contributed by atoms with Crippen molar-refractivity contribution < 1.29 is 47.7 Å². The van der Waals surface area contributed by atoms with E-state index in [1.807, 2.05) is 19.9 Å². The number of aryl methyl sites for hydroxylation is 2. The Bertz CT molecular complexity index is 1580. The number of esters is 5. The number of hydrogen-bond donors (Lipinski definition) is 0. The molecule has 0 N–H and O–H groups in total. The summed E-state index contributed by atoms with van der Waals surface area (Å²) in [6.07, 6.45) is -0.774. The smallest absolute Gasteiger partial charge is 0.308 e. The van der Waals surface area contributed by atoms with Gasteiger partial charge < -0.3 is 23.7 Å². The highest BCUT2D eigenvalue weighted by molar-refractivity contribution is 6.18. The molecular weight excluding hydrogens is 520 g/mol. The van der Waals surface area contributed by atoms with Crippen LogP contribution in [0.1, 0.15) is 63.8 Å². The Morgan fingerprint density at radius 1 is 0.575 bits per heavy atom. The molecule has 1 atom stereocenters. The van der Waals surface area contributed by atoms with Gasteiger partial charge in [0.2, 0.25) is 0 Å². The summed E-state index contributed by atoms with van der Waals surface area (Å²) < 4.78 is 27.9. The lowest BCUT2D eigenvalue weighted by atomic mass is 9.89. The van der Waals surface area contributed by atoms with Crippen molar-refractivity contribution in [2.75, 3.05) is 0 Å². The van der Waals surface area contributed by atoms with Crippen LogP contribution in [0.5, 0.6) is 23.0 Å². The van der Waals surface area contributed by atoms with Crippen LogP contribution in [0.3, 0.4) is 0 Å². The maximum absolute atomic E-state index is 12.4. The van der Waals surface area contributed by atoms with Gasteiger partial charge in [-0.2, -0.15) is 0 Å². The van der Waals surface area contributed by atoms with Crippen LogP contribution in [-0.2, 0) is 35.1 Å². The molecule has 0 saturated heterocycles. The molecule has 0 amide bonds. The predicted octanol–water partition coefficient (Wildman–Crippen LogP) is 5.11. The predicted molar refractivity (Wildman–Crippen MR) is 146 cm³/mol. The Morgan fingerprint density at radius 3 is 1.57 bits per heavy atom. The fraction of sp³-hybridized carbons (Fsp3) is 0.367. The molecule has 0 radical (unpaired) electrons. The van der Waals surface area contributed by atoms with E-state index in [1.54, 1.807) is 19.9 Å². The van der Waals surface area contributed by atoms with Crippen LogP contribution in [0.4, 0.5) is 0 Å². The molecule has 212 valence electrons. The molecule has 0 heterocycles. The van der Waals surface area contributed by atoms with E-state index in [0.717, 1.165) is 16.5 Å². The largest absolute Gasteiger partial charge is 0.463 e. The lowest BCUT2D eigenvalue weighted by Gasteiger charge is -2.24. The van der Waals surface area contributed by atoms with Crippen LogP contribution in [0.25, 0.3) is 21.5 Å². The van der Waals surface area contributed by atoms with E-state index in [0.29, 0.717) is 27.5 Å².